The molecule has 0 amide bonds. The van der Waals surface area contributed by atoms with Gasteiger partial charge in [-0.05, 0) is 30.3 Å². The first-order chi connectivity index (χ1) is 15.0. The van der Waals surface area contributed by atoms with Crippen molar-refractivity contribution in [2.45, 2.75) is 24.3 Å². The van der Waals surface area contributed by atoms with Crippen molar-refractivity contribution >= 4 is 22.6 Å². The third kappa shape index (κ3) is 3.44. The first-order valence-corrected chi connectivity index (χ1v) is 10.8. The lowest BCUT2D eigenvalue weighted by Crippen LogP contribution is -2.28. The van der Waals surface area contributed by atoms with Crippen molar-refractivity contribution in [2.75, 3.05) is 13.7 Å². The van der Waals surface area contributed by atoms with Crippen LogP contribution in [0.25, 0.3) is 11.3 Å². The lowest BCUT2D eigenvalue weighted by atomic mass is 10.0. The van der Waals surface area contributed by atoms with E-state index >= 15 is 0 Å². The number of aliphatic imine (C=N–C) groups is 1. The number of hydrogen-bond acceptors (Lipinski definition) is 8. The summed E-state index contributed by atoms with van der Waals surface area (Å²) in [5.74, 6) is 1.76. The number of benzene rings is 1. The van der Waals surface area contributed by atoms with Crippen molar-refractivity contribution in [3.63, 3.8) is 0 Å². The van der Waals surface area contributed by atoms with Crippen LogP contribution in [0.3, 0.4) is 0 Å². The predicted molar refractivity (Wildman–Crippen MR) is 118 cm³/mol. The number of hydrogen-bond donors (Lipinski definition) is 0. The number of fused-ring (bicyclic) bond motifs is 1. The molecule has 31 heavy (non-hydrogen) atoms. The first-order valence-electron chi connectivity index (χ1n) is 9.89. The highest BCUT2D eigenvalue weighted by Crippen LogP contribution is 2.48. The predicted octanol–water partition coefficient (Wildman–Crippen LogP) is 4.85. The van der Waals surface area contributed by atoms with Gasteiger partial charge in [-0.25, -0.2) is 4.99 Å². The van der Waals surface area contributed by atoms with Crippen molar-refractivity contribution < 1.29 is 14.1 Å². The van der Waals surface area contributed by atoms with Gasteiger partial charge in [-0.1, -0.05) is 24.8 Å². The van der Waals surface area contributed by atoms with Crippen LogP contribution in [0.2, 0.25) is 0 Å². The van der Waals surface area contributed by atoms with Crippen LogP contribution in [0.1, 0.15) is 30.5 Å². The molecule has 2 aliphatic rings. The molecule has 1 saturated heterocycles. The van der Waals surface area contributed by atoms with Crippen molar-refractivity contribution in [1.29, 1.82) is 0 Å². The SMILES string of the molecule is COc1cc([N+](=O)[O-])ccc1-c1ccc(C2C(c3ccccn3)N=C3SC(C)CN32)o1. The Bertz CT molecular complexity index is 1160. The van der Waals surface area contributed by atoms with E-state index < -0.39 is 4.92 Å². The summed E-state index contributed by atoms with van der Waals surface area (Å²) in [6.45, 7) is 3.07. The Kier molecular flexibility index (Phi) is 4.90. The molecule has 3 atom stereocenters. The summed E-state index contributed by atoms with van der Waals surface area (Å²) in [6.07, 6.45) is 1.78. The quantitative estimate of drug-likeness (QED) is 0.417. The maximum absolute atomic E-state index is 11.1. The van der Waals surface area contributed by atoms with Gasteiger partial charge in [0.1, 0.15) is 29.4 Å². The second-order valence-electron chi connectivity index (χ2n) is 7.48. The Balaban J connectivity index is 1.53. The monoisotopic (exact) mass is 436 g/mol. The second kappa shape index (κ2) is 7.73. The number of pyridine rings is 1. The zero-order chi connectivity index (χ0) is 21.5. The fourth-order valence-corrected chi connectivity index (χ4v) is 5.17. The van der Waals surface area contributed by atoms with E-state index in [1.807, 2.05) is 30.3 Å². The van der Waals surface area contributed by atoms with Crippen LogP contribution >= 0.6 is 11.8 Å². The van der Waals surface area contributed by atoms with Gasteiger partial charge < -0.3 is 14.1 Å². The summed E-state index contributed by atoms with van der Waals surface area (Å²) in [5.41, 5.74) is 1.53. The summed E-state index contributed by atoms with van der Waals surface area (Å²) < 4.78 is 11.7. The average Bonchev–Trinajstić information content (AvgIpc) is 3.47. The number of non-ortho nitro benzene ring substituents is 1. The average molecular weight is 436 g/mol. The normalized spacial score (nSPS) is 22.3. The van der Waals surface area contributed by atoms with Crippen molar-refractivity contribution in [1.82, 2.24) is 9.88 Å². The van der Waals surface area contributed by atoms with E-state index in [4.69, 9.17) is 14.1 Å². The number of aromatic nitrogens is 1. The molecule has 0 spiro atoms. The molecule has 8 nitrogen and oxygen atoms in total. The smallest absolute Gasteiger partial charge is 0.273 e. The van der Waals surface area contributed by atoms with Crippen LogP contribution in [-0.2, 0) is 0 Å². The molecule has 0 bridgehead atoms. The Labute approximate surface area is 183 Å². The molecule has 9 heteroatoms. The lowest BCUT2D eigenvalue weighted by Gasteiger charge is -2.25. The van der Waals surface area contributed by atoms with E-state index in [1.165, 1.54) is 19.2 Å². The number of nitro benzene ring substituents is 1. The van der Waals surface area contributed by atoms with Crippen LogP contribution in [-0.4, -0.2) is 38.9 Å². The van der Waals surface area contributed by atoms with E-state index in [1.54, 1.807) is 24.0 Å². The fraction of sp³-hybridized carbons (Fsp3) is 0.273. The molecule has 0 aliphatic carbocycles. The van der Waals surface area contributed by atoms with E-state index in [2.05, 4.69) is 16.8 Å². The van der Waals surface area contributed by atoms with E-state index in [-0.39, 0.29) is 17.8 Å². The molecular formula is C22H20N4O4S. The minimum atomic E-state index is -0.444. The Morgan fingerprint density at radius 2 is 2.13 bits per heavy atom. The van der Waals surface area contributed by atoms with Gasteiger partial charge in [0, 0.05) is 24.1 Å². The van der Waals surface area contributed by atoms with Crippen LogP contribution in [0.15, 0.2) is 64.1 Å². The topological polar surface area (TPSA) is 94.0 Å². The van der Waals surface area contributed by atoms with Gasteiger partial charge >= 0.3 is 0 Å². The Hall–Kier alpha value is -3.33. The molecule has 0 N–H and O–H groups in total. The van der Waals surface area contributed by atoms with Gasteiger partial charge in [-0.2, -0.15) is 0 Å². The Morgan fingerprint density at radius 3 is 2.87 bits per heavy atom. The largest absolute Gasteiger partial charge is 0.496 e. The third-order valence-electron chi connectivity index (χ3n) is 5.46. The van der Waals surface area contributed by atoms with Gasteiger partial charge in [-0.3, -0.25) is 15.1 Å². The Morgan fingerprint density at radius 1 is 1.26 bits per heavy atom. The maximum Gasteiger partial charge on any atom is 0.273 e. The minimum absolute atomic E-state index is 0.0282. The highest BCUT2D eigenvalue weighted by Gasteiger charge is 2.45. The number of furan rings is 1. The van der Waals surface area contributed by atoms with Crippen LogP contribution in [0.4, 0.5) is 5.69 Å². The maximum atomic E-state index is 11.1. The molecular weight excluding hydrogens is 416 g/mol. The molecule has 3 aromatic rings. The van der Waals surface area contributed by atoms with Crippen LogP contribution < -0.4 is 4.74 Å². The summed E-state index contributed by atoms with van der Waals surface area (Å²) >= 11 is 1.77. The van der Waals surface area contributed by atoms with Crippen molar-refractivity contribution in [3.05, 3.63) is 76.3 Å². The molecule has 5 rings (SSSR count). The minimum Gasteiger partial charge on any atom is -0.496 e. The zero-order valence-corrected chi connectivity index (χ0v) is 17.8. The van der Waals surface area contributed by atoms with Crippen molar-refractivity contribution in [2.24, 2.45) is 4.99 Å². The number of rotatable bonds is 5. The molecule has 2 aliphatic heterocycles. The first kappa shape index (κ1) is 19.6. The van der Waals surface area contributed by atoms with Crippen LogP contribution in [0.5, 0.6) is 5.75 Å². The molecule has 2 aromatic heterocycles. The molecule has 0 radical (unpaired) electrons. The zero-order valence-electron chi connectivity index (χ0n) is 17.0. The van der Waals surface area contributed by atoms with Gasteiger partial charge in [-0.15, -0.1) is 0 Å². The molecule has 0 saturated carbocycles. The number of nitro groups is 1. The van der Waals surface area contributed by atoms with Gasteiger partial charge in [0.15, 0.2) is 5.17 Å². The van der Waals surface area contributed by atoms with Crippen molar-refractivity contribution in [3.8, 4) is 17.1 Å². The van der Waals surface area contributed by atoms with E-state index in [9.17, 15) is 10.1 Å². The summed E-state index contributed by atoms with van der Waals surface area (Å²) in [7, 11) is 1.49. The summed E-state index contributed by atoms with van der Waals surface area (Å²) in [4.78, 5) is 22.4. The van der Waals surface area contributed by atoms with E-state index in [0.29, 0.717) is 22.3 Å². The lowest BCUT2D eigenvalue weighted by molar-refractivity contribution is -0.384. The number of ether oxygens (including phenoxy) is 1. The molecule has 158 valence electrons. The summed E-state index contributed by atoms with van der Waals surface area (Å²) in [6, 6.07) is 13.9. The van der Waals surface area contributed by atoms with Crippen LogP contribution in [0, 0.1) is 10.1 Å². The highest BCUT2D eigenvalue weighted by molar-refractivity contribution is 8.14. The highest BCUT2D eigenvalue weighted by atomic mass is 32.2. The number of amidine groups is 1. The third-order valence-corrected chi connectivity index (χ3v) is 6.56. The number of nitrogens with zero attached hydrogens (tertiary/aromatic N) is 4. The molecule has 1 fully saturated rings. The number of methoxy groups -OCH3 is 1. The summed E-state index contributed by atoms with van der Waals surface area (Å²) in [5, 5.41) is 12.6. The van der Waals surface area contributed by atoms with Gasteiger partial charge in [0.25, 0.3) is 5.69 Å². The standard InChI is InChI=1S/C22H20N4O4S/c1-13-12-25-21(20(24-22(25)31-13)16-5-3-4-10-23-16)18-9-8-17(30-18)15-7-6-14(26(27)28)11-19(15)29-2/h3-11,13,20-21H,12H2,1-2H3. The molecule has 3 unspecified atom stereocenters. The molecule has 4 heterocycles. The van der Waals surface area contributed by atoms with Gasteiger partial charge in [0.05, 0.1) is 29.4 Å². The van der Waals surface area contributed by atoms with Gasteiger partial charge in [0.2, 0.25) is 0 Å². The molecule has 1 aromatic carbocycles. The second-order valence-corrected chi connectivity index (χ2v) is 8.89. The fourth-order valence-electron chi connectivity index (χ4n) is 4.08. The van der Waals surface area contributed by atoms with E-state index in [0.717, 1.165) is 23.2 Å². The number of thioether (sulfide) groups is 1.